The minimum Gasteiger partial charge on any atom is -0.476 e. The van der Waals surface area contributed by atoms with Crippen LogP contribution in [0.25, 0.3) is 16.9 Å². The Hall–Kier alpha value is -3.41. The van der Waals surface area contributed by atoms with Crippen molar-refractivity contribution in [2.45, 2.75) is 45.3 Å². The van der Waals surface area contributed by atoms with Gasteiger partial charge in [0.2, 0.25) is 5.01 Å². The Morgan fingerprint density at radius 2 is 2.16 bits per heavy atom. The number of amides is 1. The van der Waals surface area contributed by atoms with E-state index < -0.39 is 17.7 Å². The number of fused-ring (bicyclic) bond motifs is 1. The van der Waals surface area contributed by atoms with Crippen LogP contribution in [-0.2, 0) is 4.74 Å². The van der Waals surface area contributed by atoms with E-state index in [2.05, 4.69) is 25.3 Å². The summed E-state index contributed by atoms with van der Waals surface area (Å²) < 4.78 is 7.01. The summed E-state index contributed by atoms with van der Waals surface area (Å²) in [6, 6.07) is 1.79. The van der Waals surface area contributed by atoms with Crippen LogP contribution in [0.3, 0.4) is 0 Å². The molecule has 0 aromatic carbocycles. The van der Waals surface area contributed by atoms with Gasteiger partial charge in [-0.2, -0.15) is 5.10 Å². The molecule has 170 valence electrons. The number of ether oxygens (including phenoxy) is 1. The van der Waals surface area contributed by atoms with Crippen molar-refractivity contribution in [1.82, 2.24) is 24.9 Å². The molecule has 0 radical (unpaired) electrons. The van der Waals surface area contributed by atoms with E-state index in [-0.39, 0.29) is 11.0 Å². The summed E-state index contributed by atoms with van der Waals surface area (Å²) in [6.07, 6.45) is 2.59. The maximum atomic E-state index is 12.2. The number of alkyl carbamates (subject to hydrolysis) is 1. The van der Waals surface area contributed by atoms with Gasteiger partial charge in [-0.1, -0.05) is 0 Å². The van der Waals surface area contributed by atoms with Gasteiger partial charge in [-0.15, -0.1) is 11.3 Å². The molecule has 1 atom stereocenters. The van der Waals surface area contributed by atoms with E-state index in [1.54, 1.807) is 9.90 Å². The zero-order valence-electron chi connectivity index (χ0n) is 18.0. The number of carboxylic acid groups (broad SMARTS) is 1. The van der Waals surface area contributed by atoms with Gasteiger partial charge in [-0.25, -0.2) is 24.1 Å². The van der Waals surface area contributed by atoms with E-state index in [1.807, 2.05) is 26.8 Å². The molecule has 32 heavy (non-hydrogen) atoms. The third kappa shape index (κ3) is 4.44. The molecular formula is C20H25N7O4S. The summed E-state index contributed by atoms with van der Waals surface area (Å²) in [6.45, 7) is 6.80. The fourth-order valence-electron chi connectivity index (χ4n) is 3.75. The van der Waals surface area contributed by atoms with E-state index in [4.69, 9.17) is 10.5 Å². The molecule has 1 saturated heterocycles. The van der Waals surface area contributed by atoms with Crippen LogP contribution in [0.5, 0.6) is 0 Å². The fourth-order valence-corrected chi connectivity index (χ4v) is 4.40. The highest BCUT2D eigenvalue weighted by Gasteiger charge is 2.28. The van der Waals surface area contributed by atoms with Gasteiger partial charge in [0.15, 0.2) is 5.82 Å². The van der Waals surface area contributed by atoms with Gasteiger partial charge in [0, 0.05) is 24.5 Å². The van der Waals surface area contributed by atoms with Crippen molar-refractivity contribution >= 4 is 40.4 Å². The molecule has 1 aliphatic rings. The summed E-state index contributed by atoms with van der Waals surface area (Å²) in [5.74, 6) is -0.777. The number of thiazole rings is 1. The summed E-state index contributed by atoms with van der Waals surface area (Å²) >= 11 is 1.05. The van der Waals surface area contributed by atoms with Crippen molar-refractivity contribution in [2.75, 3.05) is 23.7 Å². The fraction of sp³-hybridized carbons (Fsp3) is 0.450. The van der Waals surface area contributed by atoms with E-state index in [9.17, 15) is 14.7 Å². The van der Waals surface area contributed by atoms with Crippen LogP contribution in [0.2, 0.25) is 0 Å². The van der Waals surface area contributed by atoms with Gasteiger partial charge in [0.05, 0.1) is 11.4 Å². The average molecular weight is 460 g/mol. The zero-order valence-corrected chi connectivity index (χ0v) is 18.8. The lowest BCUT2D eigenvalue weighted by Gasteiger charge is -2.34. The van der Waals surface area contributed by atoms with Gasteiger partial charge < -0.3 is 25.8 Å². The Morgan fingerprint density at radius 1 is 1.38 bits per heavy atom. The van der Waals surface area contributed by atoms with Crippen molar-refractivity contribution in [1.29, 1.82) is 0 Å². The van der Waals surface area contributed by atoms with Crippen molar-refractivity contribution in [2.24, 2.45) is 0 Å². The van der Waals surface area contributed by atoms with Crippen LogP contribution >= 0.6 is 11.3 Å². The minimum atomic E-state index is -1.08. The van der Waals surface area contributed by atoms with Crippen molar-refractivity contribution in [3.8, 4) is 11.4 Å². The molecule has 1 amide bonds. The molecule has 0 spiro atoms. The summed E-state index contributed by atoms with van der Waals surface area (Å²) in [5.41, 5.74) is 8.16. The van der Waals surface area contributed by atoms with Crippen molar-refractivity contribution < 1.29 is 19.4 Å². The lowest BCUT2D eigenvalue weighted by atomic mass is 10.1. The van der Waals surface area contributed by atoms with E-state index >= 15 is 0 Å². The van der Waals surface area contributed by atoms with Crippen LogP contribution in [0.4, 0.5) is 16.3 Å². The normalized spacial score (nSPS) is 16.8. The van der Waals surface area contributed by atoms with E-state index in [0.717, 1.165) is 36.4 Å². The van der Waals surface area contributed by atoms with Gasteiger partial charge in [-0.05, 0) is 39.7 Å². The lowest BCUT2D eigenvalue weighted by Crippen LogP contribution is -2.49. The molecular weight excluding hydrogens is 434 g/mol. The van der Waals surface area contributed by atoms with Gasteiger partial charge in [0.25, 0.3) is 0 Å². The van der Waals surface area contributed by atoms with E-state index in [1.165, 1.54) is 6.33 Å². The summed E-state index contributed by atoms with van der Waals surface area (Å²) in [7, 11) is 0. The highest BCUT2D eigenvalue weighted by Crippen LogP contribution is 2.35. The predicted octanol–water partition coefficient (Wildman–Crippen LogP) is 2.63. The van der Waals surface area contributed by atoms with Crippen LogP contribution in [0, 0.1) is 0 Å². The SMILES string of the molecule is CC(C)(C)OC(=O)N[C@@H]1CCCN(c2cc(-c3csc(C(=O)O)n3)n3ncnc(N)c23)C1. The lowest BCUT2D eigenvalue weighted by molar-refractivity contribution is 0.0499. The van der Waals surface area contributed by atoms with E-state index in [0.29, 0.717) is 29.3 Å². The Kier molecular flexibility index (Phi) is 5.63. The number of aromatic nitrogens is 4. The zero-order chi connectivity index (χ0) is 23.0. The number of carboxylic acids is 1. The molecule has 0 saturated carbocycles. The molecule has 0 unspecified atom stereocenters. The van der Waals surface area contributed by atoms with Gasteiger partial charge in [-0.3, -0.25) is 0 Å². The van der Waals surface area contributed by atoms with Crippen LogP contribution < -0.4 is 16.0 Å². The first-order chi connectivity index (χ1) is 15.1. The number of nitrogens with two attached hydrogens (primary N) is 1. The number of carbonyl (C=O) groups is 2. The third-order valence-corrected chi connectivity index (χ3v) is 5.83. The molecule has 11 nitrogen and oxygen atoms in total. The molecule has 4 N–H and O–H groups in total. The predicted molar refractivity (Wildman–Crippen MR) is 120 cm³/mol. The molecule has 1 aliphatic heterocycles. The molecule has 3 aromatic heterocycles. The van der Waals surface area contributed by atoms with Crippen LogP contribution in [0.1, 0.15) is 43.4 Å². The largest absolute Gasteiger partial charge is 0.476 e. The van der Waals surface area contributed by atoms with Crippen LogP contribution in [0.15, 0.2) is 17.8 Å². The summed E-state index contributed by atoms with van der Waals surface area (Å²) in [4.78, 5) is 34.0. The quantitative estimate of drug-likeness (QED) is 0.535. The maximum absolute atomic E-state index is 12.2. The number of carbonyl (C=O) groups excluding carboxylic acids is 1. The number of nitrogens with one attached hydrogen (secondary N) is 1. The van der Waals surface area contributed by atoms with Gasteiger partial charge >= 0.3 is 12.1 Å². The Bertz CT molecular complexity index is 1170. The number of aromatic carboxylic acids is 1. The first-order valence-corrected chi connectivity index (χ1v) is 11.1. The smallest absolute Gasteiger partial charge is 0.407 e. The standard InChI is InChI=1S/C20H25N7O4S/c1-20(2,3)31-19(30)24-11-5-4-6-26(8-11)14-7-13(12-9-32-17(25-12)18(28)29)27-15(14)16(21)22-10-23-27/h7,9-11H,4-6,8H2,1-3H3,(H,24,30)(H,28,29)(H2,21,22,23)/t11-/m1/s1. The highest BCUT2D eigenvalue weighted by atomic mass is 32.1. The van der Waals surface area contributed by atoms with Crippen LogP contribution in [-0.4, -0.2) is 61.5 Å². The van der Waals surface area contributed by atoms with Gasteiger partial charge in [0.1, 0.15) is 23.1 Å². The first kappa shape index (κ1) is 21.8. The second-order valence-electron chi connectivity index (χ2n) is 8.59. The van der Waals surface area contributed by atoms with Crippen molar-refractivity contribution in [3.63, 3.8) is 0 Å². The number of anilines is 2. The Labute approximate surface area is 188 Å². The number of hydrogen-bond acceptors (Lipinski definition) is 9. The molecule has 0 aliphatic carbocycles. The number of hydrogen-bond donors (Lipinski definition) is 3. The molecule has 4 heterocycles. The maximum Gasteiger partial charge on any atom is 0.407 e. The minimum absolute atomic E-state index is 0.00174. The highest BCUT2D eigenvalue weighted by molar-refractivity contribution is 7.11. The second-order valence-corrected chi connectivity index (χ2v) is 9.45. The first-order valence-electron chi connectivity index (χ1n) is 10.2. The Balaban J connectivity index is 1.65. The molecule has 3 aromatic rings. The second kappa shape index (κ2) is 8.26. The Morgan fingerprint density at radius 3 is 2.84 bits per heavy atom. The number of piperidine rings is 1. The average Bonchev–Trinajstić information content (AvgIpc) is 3.32. The molecule has 0 bridgehead atoms. The summed E-state index contributed by atoms with van der Waals surface area (Å²) in [5, 5.41) is 18.2. The molecule has 1 fully saturated rings. The number of nitrogen functional groups attached to an aromatic ring is 1. The number of rotatable bonds is 4. The monoisotopic (exact) mass is 459 g/mol. The molecule has 12 heteroatoms. The number of nitrogens with zero attached hydrogens (tertiary/aromatic N) is 5. The van der Waals surface area contributed by atoms with Crippen molar-refractivity contribution in [3.05, 3.63) is 22.8 Å². The third-order valence-electron chi connectivity index (χ3n) is 5.00. The molecule has 4 rings (SSSR count). The topological polar surface area (TPSA) is 148 Å².